The van der Waals surface area contributed by atoms with Gasteiger partial charge in [0.15, 0.2) is 0 Å². The number of thioether (sulfide) groups is 1. The van der Waals surface area contributed by atoms with E-state index >= 15 is 0 Å². The number of hydrogen-bond acceptors (Lipinski definition) is 3. The number of hydrogen-bond donors (Lipinski definition) is 1. The number of nitrogens with one attached hydrogen (secondary N) is 1. The first kappa shape index (κ1) is 24.3. The first-order chi connectivity index (χ1) is 14.1. The Labute approximate surface area is 189 Å². The molecule has 0 aliphatic rings. The van der Waals surface area contributed by atoms with E-state index in [0.29, 0.717) is 17.3 Å². The largest absolute Gasteiger partial charge is 0.350 e. The Morgan fingerprint density at radius 3 is 2.33 bits per heavy atom. The molecule has 6 heteroatoms. The van der Waals surface area contributed by atoms with Crippen molar-refractivity contribution in [2.75, 3.05) is 5.75 Å². The van der Waals surface area contributed by atoms with Gasteiger partial charge in [0.25, 0.3) is 0 Å². The van der Waals surface area contributed by atoms with Crippen molar-refractivity contribution in [1.29, 1.82) is 0 Å². The van der Waals surface area contributed by atoms with Gasteiger partial charge in [-0.1, -0.05) is 48.0 Å². The molecule has 0 bridgehead atoms. The monoisotopic (exact) mass is 446 g/mol. The first-order valence-corrected chi connectivity index (χ1v) is 11.6. The van der Waals surface area contributed by atoms with E-state index in [2.05, 4.69) is 24.4 Å². The lowest BCUT2D eigenvalue weighted by Crippen LogP contribution is -2.52. The summed E-state index contributed by atoms with van der Waals surface area (Å²) in [5.41, 5.74) is 3.01. The minimum atomic E-state index is -0.577. The van der Waals surface area contributed by atoms with Gasteiger partial charge in [-0.3, -0.25) is 9.59 Å². The summed E-state index contributed by atoms with van der Waals surface area (Å²) in [5, 5.41) is 3.62. The van der Waals surface area contributed by atoms with Crippen LogP contribution in [0.1, 0.15) is 44.4 Å². The lowest BCUT2D eigenvalue weighted by atomic mass is 10.1. The smallest absolute Gasteiger partial charge is 0.242 e. The molecule has 2 aromatic rings. The van der Waals surface area contributed by atoms with Gasteiger partial charge in [-0.25, -0.2) is 0 Å². The highest BCUT2D eigenvalue weighted by atomic mass is 35.5. The number of halogens is 1. The summed E-state index contributed by atoms with van der Waals surface area (Å²) >= 11 is 7.56. The maximum atomic E-state index is 13.1. The quantitative estimate of drug-likeness (QED) is 0.605. The molecule has 0 aliphatic carbocycles. The standard InChI is InChI=1S/C24H31ClN2O2S/c1-17-8-6-7-9-20(17)15-30-16-22(28)27(14-19-10-12-21(25)13-11-19)18(2)23(29)26-24(3,4)5/h6-13,18H,14-16H2,1-5H3,(H,26,29). The second kappa shape index (κ2) is 10.9. The molecule has 0 aromatic heterocycles. The van der Waals surface area contributed by atoms with Gasteiger partial charge in [0.1, 0.15) is 6.04 Å². The Hall–Kier alpha value is -1.98. The normalized spacial score (nSPS) is 12.3. The van der Waals surface area contributed by atoms with Gasteiger partial charge in [0.05, 0.1) is 5.75 Å². The van der Waals surface area contributed by atoms with Crippen LogP contribution in [0, 0.1) is 6.92 Å². The molecule has 162 valence electrons. The van der Waals surface area contributed by atoms with Crippen LogP contribution in [0.5, 0.6) is 0 Å². The first-order valence-electron chi connectivity index (χ1n) is 10.0. The Kier molecular flexibility index (Phi) is 8.80. The van der Waals surface area contributed by atoms with Crippen molar-refractivity contribution in [2.24, 2.45) is 0 Å². The predicted octanol–water partition coefficient (Wildman–Crippen LogP) is 5.21. The molecule has 4 nitrogen and oxygen atoms in total. The summed E-state index contributed by atoms with van der Waals surface area (Å²) in [4.78, 5) is 27.5. The molecule has 1 unspecified atom stereocenters. The van der Waals surface area contributed by atoms with Crippen LogP contribution in [-0.4, -0.2) is 34.0 Å². The Bertz CT molecular complexity index is 862. The molecule has 0 aliphatic heterocycles. The van der Waals surface area contributed by atoms with E-state index in [1.807, 2.05) is 45.0 Å². The highest BCUT2D eigenvalue weighted by Gasteiger charge is 2.28. The van der Waals surface area contributed by atoms with Crippen molar-refractivity contribution in [3.8, 4) is 0 Å². The van der Waals surface area contributed by atoms with Crippen molar-refractivity contribution in [1.82, 2.24) is 10.2 Å². The van der Waals surface area contributed by atoms with Crippen molar-refractivity contribution < 1.29 is 9.59 Å². The van der Waals surface area contributed by atoms with Crippen LogP contribution < -0.4 is 5.32 Å². The van der Waals surface area contributed by atoms with Gasteiger partial charge in [0.2, 0.25) is 11.8 Å². The van der Waals surface area contributed by atoms with Crippen molar-refractivity contribution in [2.45, 2.75) is 58.5 Å². The van der Waals surface area contributed by atoms with Crippen LogP contribution in [0.3, 0.4) is 0 Å². The lowest BCUT2D eigenvalue weighted by Gasteiger charge is -2.31. The zero-order valence-electron chi connectivity index (χ0n) is 18.4. The van der Waals surface area contributed by atoms with E-state index in [0.717, 1.165) is 11.3 Å². The highest BCUT2D eigenvalue weighted by Crippen LogP contribution is 2.19. The van der Waals surface area contributed by atoms with Crippen molar-refractivity contribution in [3.05, 3.63) is 70.2 Å². The number of aryl methyl sites for hydroxylation is 1. The second-order valence-corrected chi connectivity index (χ2v) is 9.90. The molecule has 0 saturated heterocycles. The van der Waals surface area contributed by atoms with Gasteiger partial charge in [-0.15, -0.1) is 11.8 Å². The van der Waals surface area contributed by atoms with Crippen LogP contribution in [0.25, 0.3) is 0 Å². The summed E-state index contributed by atoms with van der Waals surface area (Å²) in [6.45, 7) is 10.0. The second-order valence-electron chi connectivity index (χ2n) is 8.48. The maximum Gasteiger partial charge on any atom is 0.242 e. The average molecular weight is 447 g/mol. The van der Waals surface area contributed by atoms with E-state index in [1.54, 1.807) is 35.7 Å². The molecule has 0 saturated carbocycles. The summed E-state index contributed by atoms with van der Waals surface area (Å²) in [5.74, 6) is 0.860. The number of carbonyl (C=O) groups excluding carboxylic acids is 2. The molecule has 1 N–H and O–H groups in total. The molecule has 2 amide bonds. The number of rotatable bonds is 8. The topological polar surface area (TPSA) is 49.4 Å². The minimum Gasteiger partial charge on any atom is -0.350 e. The Morgan fingerprint density at radius 2 is 1.73 bits per heavy atom. The molecule has 0 heterocycles. The van der Waals surface area contributed by atoms with Gasteiger partial charge in [-0.2, -0.15) is 0 Å². The summed E-state index contributed by atoms with van der Waals surface area (Å²) in [6, 6.07) is 15.0. The Balaban J connectivity index is 2.10. The zero-order chi connectivity index (χ0) is 22.3. The van der Waals surface area contributed by atoms with E-state index in [4.69, 9.17) is 11.6 Å². The van der Waals surface area contributed by atoms with Crippen molar-refractivity contribution in [3.63, 3.8) is 0 Å². The fraction of sp³-hybridized carbons (Fsp3) is 0.417. The summed E-state index contributed by atoms with van der Waals surface area (Å²) in [6.07, 6.45) is 0. The number of amides is 2. The molecule has 2 rings (SSSR count). The highest BCUT2D eigenvalue weighted by molar-refractivity contribution is 7.99. The van der Waals surface area contributed by atoms with E-state index in [1.165, 1.54) is 11.1 Å². The van der Waals surface area contributed by atoms with Crippen LogP contribution in [0.2, 0.25) is 5.02 Å². The van der Waals surface area contributed by atoms with E-state index < -0.39 is 6.04 Å². The third-order valence-electron chi connectivity index (χ3n) is 4.68. The van der Waals surface area contributed by atoms with Crippen molar-refractivity contribution >= 4 is 35.2 Å². The fourth-order valence-electron chi connectivity index (χ4n) is 2.95. The molecule has 1 atom stereocenters. The van der Waals surface area contributed by atoms with Crippen LogP contribution in [0.15, 0.2) is 48.5 Å². The Morgan fingerprint density at radius 1 is 1.10 bits per heavy atom. The van der Waals surface area contributed by atoms with Crippen LogP contribution >= 0.6 is 23.4 Å². The zero-order valence-corrected chi connectivity index (χ0v) is 19.9. The third kappa shape index (κ3) is 7.69. The molecule has 30 heavy (non-hydrogen) atoms. The van der Waals surface area contributed by atoms with Crippen LogP contribution in [-0.2, 0) is 21.9 Å². The molecule has 2 aromatic carbocycles. The maximum absolute atomic E-state index is 13.1. The molecular formula is C24H31ClN2O2S. The van der Waals surface area contributed by atoms with E-state index in [-0.39, 0.29) is 17.4 Å². The molecule has 0 radical (unpaired) electrons. The predicted molar refractivity (Wildman–Crippen MR) is 127 cm³/mol. The summed E-state index contributed by atoms with van der Waals surface area (Å²) in [7, 11) is 0. The summed E-state index contributed by atoms with van der Waals surface area (Å²) < 4.78 is 0. The minimum absolute atomic E-state index is 0.0555. The van der Waals surface area contributed by atoms with E-state index in [9.17, 15) is 9.59 Å². The van der Waals surface area contributed by atoms with Gasteiger partial charge >= 0.3 is 0 Å². The molecular weight excluding hydrogens is 416 g/mol. The molecule has 0 spiro atoms. The average Bonchev–Trinajstić information content (AvgIpc) is 2.67. The number of nitrogens with zero attached hydrogens (tertiary/aromatic N) is 1. The number of benzene rings is 2. The third-order valence-corrected chi connectivity index (χ3v) is 5.89. The van der Waals surface area contributed by atoms with Crippen LogP contribution in [0.4, 0.5) is 0 Å². The van der Waals surface area contributed by atoms with Gasteiger partial charge in [0, 0.05) is 22.9 Å². The fourth-order valence-corrected chi connectivity index (χ4v) is 4.06. The SMILES string of the molecule is Cc1ccccc1CSCC(=O)N(Cc1ccc(Cl)cc1)C(C)C(=O)NC(C)(C)C. The van der Waals surface area contributed by atoms with Gasteiger partial charge in [-0.05, 0) is 63.4 Å². The van der Waals surface area contributed by atoms with Gasteiger partial charge < -0.3 is 10.2 Å². The number of carbonyl (C=O) groups is 2. The molecule has 0 fully saturated rings. The lowest BCUT2D eigenvalue weighted by molar-refractivity contribution is -0.139.